The van der Waals surface area contributed by atoms with E-state index >= 15 is 0 Å². The molecule has 1 N–H and O–H groups in total. The summed E-state index contributed by atoms with van der Waals surface area (Å²) in [5.74, 6) is 0.334. The number of rotatable bonds is 8. The summed E-state index contributed by atoms with van der Waals surface area (Å²) >= 11 is 8.88. The van der Waals surface area contributed by atoms with E-state index in [9.17, 15) is 4.79 Å². The molecule has 0 unspecified atom stereocenters. The minimum absolute atomic E-state index is 0.105. The van der Waals surface area contributed by atoms with E-state index in [1.807, 2.05) is 30.3 Å². The van der Waals surface area contributed by atoms with E-state index in [0.29, 0.717) is 18.8 Å². The fourth-order valence-electron chi connectivity index (χ4n) is 2.31. The molecule has 2 rings (SSSR count). The van der Waals surface area contributed by atoms with Crippen LogP contribution in [0.25, 0.3) is 10.8 Å². The van der Waals surface area contributed by atoms with E-state index in [2.05, 4.69) is 21.2 Å². The molecule has 0 bridgehead atoms. The Labute approximate surface area is 160 Å². The number of benzene rings is 2. The van der Waals surface area contributed by atoms with Crippen LogP contribution in [0.4, 0.5) is 0 Å². The minimum Gasteiger partial charge on any atom is -0.492 e. The van der Waals surface area contributed by atoms with Crippen LogP contribution >= 0.6 is 28.1 Å². The SMILES string of the molecule is CNCC(=O)OC(=S)c1cccc2c(Br)c(OCCCOC)ccc12. The van der Waals surface area contributed by atoms with Gasteiger partial charge in [-0.25, -0.2) is 0 Å². The number of hydrogen-bond donors (Lipinski definition) is 1. The standard InChI is InChI=1S/C18H20BrNO4S/c1-20-11-16(21)24-18(25)14-6-3-5-13-12(14)7-8-15(17(13)19)23-10-4-9-22-2/h3,5-8,20H,4,9-11H2,1-2H3. The highest BCUT2D eigenvalue weighted by atomic mass is 79.9. The van der Waals surface area contributed by atoms with Gasteiger partial charge in [0.1, 0.15) is 5.75 Å². The van der Waals surface area contributed by atoms with E-state index < -0.39 is 5.97 Å². The molecule has 0 spiro atoms. The first-order valence-corrected chi connectivity index (χ1v) is 9.01. The second-order valence-electron chi connectivity index (χ2n) is 5.27. The van der Waals surface area contributed by atoms with Gasteiger partial charge in [0.25, 0.3) is 0 Å². The van der Waals surface area contributed by atoms with Gasteiger partial charge in [-0.05, 0) is 58.8 Å². The van der Waals surface area contributed by atoms with Crippen molar-refractivity contribution in [2.75, 3.05) is 33.9 Å². The quantitative estimate of drug-likeness (QED) is 0.397. The first-order valence-electron chi connectivity index (χ1n) is 7.81. The summed E-state index contributed by atoms with van der Waals surface area (Å²) in [6.45, 7) is 1.33. The molecule has 0 radical (unpaired) electrons. The van der Waals surface area contributed by atoms with Crippen LogP contribution in [-0.4, -0.2) is 44.9 Å². The number of halogens is 1. The molecule has 2 aromatic rings. The maximum Gasteiger partial charge on any atom is 0.326 e. The van der Waals surface area contributed by atoms with Crippen LogP contribution in [0.1, 0.15) is 12.0 Å². The molecule has 134 valence electrons. The van der Waals surface area contributed by atoms with Crippen molar-refractivity contribution in [1.82, 2.24) is 5.32 Å². The Bertz CT molecular complexity index is 766. The average molecular weight is 426 g/mol. The van der Waals surface area contributed by atoms with Crippen LogP contribution in [0.2, 0.25) is 0 Å². The summed E-state index contributed by atoms with van der Waals surface area (Å²) in [6, 6.07) is 9.46. The third-order valence-electron chi connectivity index (χ3n) is 3.46. The van der Waals surface area contributed by atoms with E-state index in [1.54, 1.807) is 14.2 Å². The molecule has 0 fully saturated rings. The zero-order valence-corrected chi connectivity index (χ0v) is 16.5. The van der Waals surface area contributed by atoms with E-state index in [-0.39, 0.29) is 11.6 Å². The number of nitrogens with one attached hydrogen (secondary N) is 1. The number of carbonyl (C=O) groups excluding carboxylic acids is 1. The fraction of sp³-hybridized carbons (Fsp3) is 0.333. The molecule has 5 nitrogen and oxygen atoms in total. The Balaban J connectivity index is 2.25. The van der Waals surface area contributed by atoms with Gasteiger partial charge in [0.2, 0.25) is 5.05 Å². The summed E-state index contributed by atoms with van der Waals surface area (Å²) in [7, 11) is 3.34. The summed E-state index contributed by atoms with van der Waals surface area (Å²) in [4.78, 5) is 11.6. The van der Waals surface area contributed by atoms with Crippen molar-refractivity contribution in [3.8, 4) is 5.75 Å². The van der Waals surface area contributed by atoms with Crippen molar-refractivity contribution in [1.29, 1.82) is 0 Å². The van der Waals surface area contributed by atoms with Gasteiger partial charge in [-0.3, -0.25) is 4.79 Å². The smallest absolute Gasteiger partial charge is 0.326 e. The first kappa shape index (κ1) is 19.8. The van der Waals surface area contributed by atoms with Gasteiger partial charge in [0, 0.05) is 31.1 Å². The lowest BCUT2D eigenvalue weighted by Crippen LogP contribution is -2.23. The summed E-state index contributed by atoms with van der Waals surface area (Å²) in [6.07, 6.45) is 0.812. The lowest BCUT2D eigenvalue weighted by atomic mass is 10.0. The Kier molecular flexibility index (Phi) is 7.77. The van der Waals surface area contributed by atoms with Gasteiger partial charge in [-0.15, -0.1) is 0 Å². The second-order valence-corrected chi connectivity index (χ2v) is 6.43. The van der Waals surface area contributed by atoms with Gasteiger partial charge < -0.3 is 19.5 Å². The van der Waals surface area contributed by atoms with Crippen molar-refractivity contribution >= 4 is 49.9 Å². The Hall–Kier alpha value is -1.54. The first-order chi connectivity index (χ1) is 12.1. The Morgan fingerprint density at radius 2 is 2.00 bits per heavy atom. The summed E-state index contributed by atoms with van der Waals surface area (Å²) < 4.78 is 16.9. The lowest BCUT2D eigenvalue weighted by Gasteiger charge is -2.13. The average Bonchev–Trinajstić information content (AvgIpc) is 2.60. The summed E-state index contributed by atoms with van der Waals surface area (Å²) in [5, 5.41) is 4.73. The molecule has 0 atom stereocenters. The monoisotopic (exact) mass is 425 g/mol. The van der Waals surface area contributed by atoms with Gasteiger partial charge in [-0.1, -0.05) is 12.1 Å². The zero-order valence-electron chi connectivity index (χ0n) is 14.1. The number of esters is 1. The topological polar surface area (TPSA) is 56.8 Å². The number of likely N-dealkylation sites (N-methyl/N-ethyl adjacent to an activating group) is 1. The van der Waals surface area contributed by atoms with Crippen LogP contribution < -0.4 is 10.1 Å². The number of hydrogen-bond acceptors (Lipinski definition) is 6. The predicted octanol–water partition coefficient (Wildman–Crippen LogP) is 3.46. The third kappa shape index (κ3) is 5.22. The van der Waals surface area contributed by atoms with Crippen molar-refractivity contribution in [3.05, 3.63) is 40.4 Å². The Morgan fingerprint density at radius 3 is 2.72 bits per heavy atom. The minimum atomic E-state index is -0.415. The van der Waals surface area contributed by atoms with Gasteiger partial charge in [-0.2, -0.15) is 0 Å². The predicted molar refractivity (Wildman–Crippen MR) is 105 cm³/mol. The molecule has 0 aliphatic carbocycles. The molecule has 0 amide bonds. The number of methoxy groups -OCH3 is 1. The summed E-state index contributed by atoms with van der Waals surface area (Å²) in [5.41, 5.74) is 0.698. The van der Waals surface area contributed by atoms with Crippen LogP contribution in [0.15, 0.2) is 34.8 Å². The number of fused-ring (bicyclic) bond motifs is 1. The molecule has 0 saturated carbocycles. The molecule has 0 aliphatic rings. The molecule has 2 aromatic carbocycles. The number of ether oxygens (including phenoxy) is 3. The highest BCUT2D eigenvalue weighted by Gasteiger charge is 2.14. The molecule has 0 aliphatic heterocycles. The molecule has 0 aromatic heterocycles. The third-order valence-corrected chi connectivity index (χ3v) is 4.58. The largest absolute Gasteiger partial charge is 0.492 e. The zero-order chi connectivity index (χ0) is 18.2. The maximum atomic E-state index is 11.6. The van der Waals surface area contributed by atoms with Crippen molar-refractivity contribution in [2.24, 2.45) is 0 Å². The molecule has 7 heteroatoms. The fourth-order valence-corrected chi connectivity index (χ4v) is 3.18. The second kappa shape index (κ2) is 9.82. The molecular weight excluding hydrogens is 406 g/mol. The highest BCUT2D eigenvalue weighted by molar-refractivity contribution is 9.10. The normalized spacial score (nSPS) is 10.7. The van der Waals surface area contributed by atoms with Crippen LogP contribution in [0, 0.1) is 0 Å². The Morgan fingerprint density at radius 1 is 1.20 bits per heavy atom. The van der Waals surface area contributed by atoms with Crippen LogP contribution in [0.5, 0.6) is 5.75 Å². The van der Waals surface area contributed by atoms with Crippen molar-refractivity contribution in [2.45, 2.75) is 6.42 Å². The maximum absolute atomic E-state index is 11.6. The van der Waals surface area contributed by atoms with E-state index in [0.717, 1.165) is 27.4 Å². The van der Waals surface area contributed by atoms with Crippen molar-refractivity contribution in [3.63, 3.8) is 0 Å². The van der Waals surface area contributed by atoms with Gasteiger partial charge in [0.15, 0.2) is 0 Å². The lowest BCUT2D eigenvalue weighted by molar-refractivity contribution is -0.134. The molecule has 0 saturated heterocycles. The molecular formula is C18H20BrNO4S. The number of thiocarbonyl (C=S) groups is 1. The van der Waals surface area contributed by atoms with E-state index in [4.69, 9.17) is 26.4 Å². The van der Waals surface area contributed by atoms with Gasteiger partial charge >= 0.3 is 5.97 Å². The highest BCUT2D eigenvalue weighted by Crippen LogP contribution is 2.35. The molecule has 0 heterocycles. The van der Waals surface area contributed by atoms with Crippen LogP contribution in [0.3, 0.4) is 0 Å². The van der Waals surface area contributed by atoms with Crippen molar-refractivity contribution < 1.29 is 19.0 Å². The van der Waals surface area contributed by atoms with Gasteiger partial charge in [0.05, 0.1) is 17.6 Å². The van der Waals surface area contributed by atoms with E-state index in [1.165, 1.54) is 0 Å². The van der Waals surface area contributed by atoms with Crippen LogP contribution in [-0.2, 0) is 14.3 Å². The molecule has 25 heavy (non-hydrogen) atoms. The number of carbonyl (C=O) groups is 1.